The molecular weight excluding hydrogens is 260 g/mol. The van der Waals surface area contributed by atoms with Crippen LogP contribution in [0, 0.1) is 11.3 Å². The molecule has 0 bridgehead atoms. The Morgan fingerprint density at radius 3 is 3.05 bits per heavy atom. The van der Waals surface area contributed by atoms with E-state index in [4.69, 9.17) is 16.3 Å². The van der Waals surface area contributed by atoms with Gasteiger partial charge in [-0.2, -0.15) is 0 Å². The fraction of sp³-hybridized carbons (Fsp3) is 0.667. The third-order valence-electron chi connectivity index (χ3n) is 4.48. The van der Waals surface area contributed by atoms with Gasteiger partial charge in [-0.3, -0.25) is 4.98 Å². The molecule has 2 unspecified atom stereocenters. The highest BCUT2D eigenvalue weighted by atomic mass is 35.5. The van der Waals surface area contributed by atoms with Crippen molar-refractivity contribution in [1.82, 2.24) is 10.3 Å². The quantitative estimate of drug-likeness (QED) is 0.900. The van der Waals surface area contributed by atoms with Crippen LogP contribution in [0.3, 0.4) is 0 Å². The molecule has 4 heteroatoms. The van der Waals surface area contributed by atoms with Crippen LogP contribution in [0.1, 0.15) is 24.8 Å². The van der Waals surface area contributed by atoms with E-state index in [0.29, 0.717) is 6.10 Å². The van der Waals surface area contributed by atoms with Gasteiger partial charge in [0.05, 0.1) is 11.1 Å². The van der Waals surface area contributed by atoms with Crippen LogP contribution in [0.5, 0.6) is 0 Å². The summed E-state index contributed by atoms with van der Waals surface area (Å²) < 4.78 is 6.06. The normalized spacial score (nSPS) is 30.7. The number of ether oxygens (including phenoxy) is 1. The molecule has 1 aromatic heterocycles. The second-order valence-corrected chi connectivity index (χ2v) is 6.32. The van der Waals surface area contributed by atoms with Gasteiger partial charge >= 0.3 is 0 Å². The Hall–Kier alpha value is -0.640. The highest BCUT2D eigenvalue weighted by Crippen LogP contribution is 2.49. The molecular formula is C15H21ClN2O. The van der Waals surface area contributed by atoms with Crippen molar-refractivity contribution in [3.63, 3.8) is 0 Å². The number of nitrogens with one attached hydrogen (secondary N) is 1. The molecule has 1 N–H and O–H groups in total. The average Bonchev–Trinajstić information content (AvgIpc) is 3.16. The number of aromatic nitrogens is 1. The van der Waals surface area contributed by atoms with Gasteiger partial charge in [0.2, 0.25) is 0 Å². The van der Waals surface area contributed by atoms with Crippen molar-refractivity contribution in [2.45, 2.75) is 31.8 Å². The Balaban J connectivity index is 1.85. The zero-order valence-electron chi connectivity index (χ0n) is 11.4. The molecule has 104 valence electrons. The monoisotopic (exact) mass is 280 g/mol. The second kappa shape index (κ2) is 5.39. The molecule has 3 nitrogen and oxygen atoms in total. The van der Waals surface area contributed by atoms with Crippen LogP contribution in [0.2, 0.25) is 5.02 Å². The molecule has 0 amide bonds. The molecule has 1 aliphatic heterocycles. The van der Waals surface area contributed by atoms with E-state index in [1.807, 2.05) is 19.3 Å². The molecule has 2 atom stereocenters. The summed E-state index contributed by atoms with van der Waals surface area (Å²) in [4.78, 5) is 4.08. The van der Waals surface area contributed by atoms with Gasteiger partial charge in [-0.25, -0.2) is 0 Å². The Morgan fingerprint density at radius 1 is 1.53 bits per heavy atom. The molecule has 2 aliphatic rings. The van der Waals surface area contributed by atoms with E-state index >= 15 is 0 Å². The van der Waals surface area contributed by atoms with E-state index in [2.05, 4.69) is 10.3 Å². The van der Waals surface area contributed by atoms with Crippen molar-refractivity contribution in [3.05, 3.63) is 29.0 Å². The molecule has 19 heavy (non-hydrogen) atoms. The third-order valence-corrected chi connectivity index (χ3v) is 4.82. The van der Waals surface area contributed by atoms with Gasteiger partial charge in [0, 0.05) is 31.0 Å². The van der Waals surface area contributed by atoms with Gasteiger partial charge in [0.15, 0.2) is 0 Å². The highest BCUT2D eigenvalue weighted by molar-refractivity contribution is 6.31. The fourth-order valence-corrected chi connectivity index (χ4v) is 3.65. The van der Waals surface area contributed by atoms with Crippen LogP contribution in [-0.2, 0) is 11.2 Å². The number of hydrogen-bond acceptors (Lipinski definition) is 3. The molecule has 1 aromatic rings. The van der Waals surface area contributed by atoms with E-state index in [1.54, 1.807) is 6.20 Å². The Morgan fingerprint density at radius 2 is 2.37 bits per heavy atom. The summed E-state index contributed by atoms with van der Waals surface area (Å²) in [6.07, 6.45) is 8.70. The summed E-state index contributed by atoms with van der Waals surface area (Å²) in [7, 11) is 2.03. The van der Waals surface area contributed by atoms with E-state index in [9.17, 15) is 0 Å². The number of rotatable bonds is 5. The van der Waals surface area contributed by atoms with Gasteiger partial charge in [0.25, 0.3) is 0 Å². The van der Waals surface area contributed by atoms with E-state index < -0.39 is 0 Å². The van der Waals surface area contributed by atoms with Crippen LogP contribution in [0.4, 0.5) is 0 Å². The standard InChI is InChI=1S/C15H21ClN2O/c1-17-10-15(5-7-19-14(15)11-2-3-11)8-12-4-6-18-9-13(12)16/h4,6,9,11,14,17H,2-3,5,7-8,10H2,1H3. The highest BCUT2D eigenvalue weighted by Gasteiger charge is 2.50. The molecule has 0 spiro atoms. The first kappa shape index (κ1) is 13.3. The first-order valence-electron chi connectivity index (χ1n) is 7.10. The molecule has 2 fully saturated rings. The van der Waals surface area contributed by atoms with Crippen molar-refractivity contribution in [2.75, 3.05) is 20.2 Å². The minimum absolute atomic E-state index is 0.195. The van der Waals surface area contributed by atoms with Crippen LogP contribution in [0.15, 0.2) is 18.5 Å². The summed E-state index contributed by atoms with van der Waals surface area (Å²) in [6, 6.07) is 2.04. The topological polar surface area (TPSA) is 34.2 Å². The number of hydrogen-bond donors (Lipinski definition) is 1. The lowest BCUT2D eigenvalue weighted by molar-refractivity contribution is 0.0314. The van der Waals surface area contributed by atoms with Gasteiger partial charge in [-0.15, -0.1) is 0 Å². The average molecular weight is 281 g/mol. The molecule has 3 rings (SSSR count). The Bertz CT molecular complexity index is 450. The lowest BCUT2D eigenvalue weighted by atomic mass is 9.74. The lowest BCUT2D eigenvalue weighted by Crippen LogP contribution is -2.42. The smallest absolute Gasteiger partial charge is 0.0675 e. The van der Waals surface area contributed by atoms with Crippen LogP contribution in [0.25, 0.3) is 0 Å². The summed E-state index contributed by atoms with van der Waals surface area (Å²) in [5.74, 6) is 0.761. The number of halogens is 1. The predicted molar refractivity (Wildman–Crippen MR) is 76.4 cm³/mol. The van der Waals surface area contributed by atoms with Gasteiger partial charge in [-0.1, -0.05) is 11.6 Å². The van der Waals surface area contributed by atoms with Gasteiger partial charge < -0.3 is 10.1 Å². The maximum atomic E-state index is 6.28. The minimum Gasteiger partial charge on any atom is -0.377 e. The van der Waals surface area contributed by atoms with Gasteiger partial charge in [0.1, 0.15) is 0 Å². The molecule has 1 saturated heterocycles. The summed E-state index contributed by atoms with van der Waals surface area (Å²) in [5, 5.41) is 4.14. The Labute approximate surface area is 119 Å². The largest absolute Gasteiger partial charge is 0.377 e. The minimum atomic E-state index is 0.195. The number of nitrogens with zero attached hydrogens (tertiary/aromatic N) is 1. The molecule has 2 heterocycles. The van der Waals surface area contributed by atoms with E-state index in [-0.39, 0.29) is 5.41 Å². The summed E-state index contributed by atoms with van der Waals surface area (Å²) in [5.41, 5.74) is 1.39. The zero-order valence-corrected chi connectivity index (χ0v) is 12.1. The Kier molecular flexibility index (Phi) is 3.79. The summed E-state index contributed by atoms with van der Waals surface area (Å²) in [6.45, 7) is 1.87. The molecule has 1 aliphatic carbocycles. The first-order chi connectivity index (χ1) is 9.25. The number of pyridine rings is 1. The van der Waals surface area contributed by atoms with Crippen LogP contribution >= 0.6 is 11.6 Å². The first-order valence-corrected chi connectivity index (χ1v) is 7.47. The third kappa shape index (κ3) is 2.64. The molecule has 1 saturated carbocycles. The maximum Gasteiger partial charge on any atom is 0.0675 e. The zero-order chi connectivity index (χ0) is 13.3. The van der Waals surface area contributed by atoms with Gasteiger partial charge in [-0.05, 0) is 50.3 Å². The van der Waals surface area contributed by atoms with Crippen molar-refractivity contribution < 1.29 is 4.74 Å². The van der Waals surface area contributed by atoms with E-state index in [1.165, 1.54) is 18.4 Å². The van der Waals surface area contributed by atoms with Crippen molar-refractivity contribution in [2.24, 2.45) is 11.3 Å². The predicted octanol–water partition coefficient (Wildman–Crippen LogP) is 2.68. The van der Waals surface area contributed by atoms with Crippen molar-refractivity contribution >= 4 is 11.6 Å². The van der Waals surface area contributed by atoms with Crippen molar-refractivity contribution in [3.8, 4) is 0 Å². The molecule has 0 aromatic carbocycles. The van der Waals surface area contributed by atoms with Crippen LogP contribution < -0.4 is 5.32 Å². The summed E-state index contributed by atoms with van der Waals surface area (Å²) >= 11 is 6.28. The second-order valence-electron chi connectivity index (χ2n) is 5.92. The van der Waals surface area contributed by atoms with Crippen LogP contribution in [-0.4, -0.2) is 31.3 Å². The lowest BCUT2D eigenvalue weighted by Gasteiger charge is -2.34. The fourth-order valence-electron chi connectivity index (χ4n) is 3.46. The molecule has 0 radical (unpaired) electrons. The maximum absolute atomic E-state index is 6.28. The SMILES string of the molecule is CNCC1(Cc2ccncc2Cl)CCOC1C1CC1. The van der Waals surface area contributed by atoms with Crippen molar-refractivity contribution in [1.29, 1.82) is 0 Å². The van der Waals surface area contributed by atoms with E-state index in [0.717, 1.165) is 36.9 Å².